The lowest BCUT2D eigenvalue weighted by Gasteiger charge is -1.93. The van der Waals surface area contributed by atoms with Crippen molar-refractivity contribution in [1.29, 1.82) is 0 Å². The number of ether oxygens (including phenoxy) is 1. The Labute approximate surface area is 63.5 Å². The van der Waals surface area contributed by atoms with Gasteiger partial charge >= 0.3 is 5.97 Å². The minimum atomic E-state index is -0.311. The van der Waals surface area contributed by atoms with Gasteiger partial charge < -0.3 is 10.5 Å². The zero-order chi connectivity index (χ0) is 8.27. The predicted molar refractivity (Wildman–Crippen MR) is 38.7 cm³/mol. The number of nitrogens with zero attached hydrogens (tertiary/aromatic N) is 1. The maximum Gasteiger partial charge on any atom is 0.311 e. The molecule has 0 radical (unpaired) electrons. The largest absolute Gasteiger partial charge is 0.469 e. The lowest BCUT2D eigenvalue weighted by Crippen LogP contribution is -2.04. The molecule has 0 bridgehead atoms. The van der Waals surface area contributed by atoms with Gasteiger partial charge in [-0.25, -0.2) is 0 Å². The molecule has 0 unspecified atom stereocenters. The molecule has 0 fully saturated rings. The number of carbonyl (C=O) groups is 1. The van der Waals surface area contributed by atoms with Crippen molar-refractivity contribution in [3.8, 4) is 0 Å². The molecular formula is C6H9N3O2. The second kappa shape index (κ2) is 3.05. The monoisotopic (exact) mass is 155 g/mol. The molecule has 1 aromatic rings. The van der Waals surface area contributed by atoms with Crippen LogP contribution in [0.4, 0.5) is 5.82 Å². The molecule has 0 aliphatic carbocycles. The van der Waals surface area contributed by atoms with Crippen molar-refractivity contribution in [3.63, 3.8) is 0 Å². The number of nitrogens with one attached hydrogen (secondary N) is 1. The summed E-state index contributed by atoms with van der Waals surface area (Å²) >= 11 is 0. The van der Waals surface area contributed by atoms with E-state index in [1.165, 1.54) is 7.11 Å². The second-order valence-corrected chi connectivity index (χ2v) is 2.07. The van der Waals surface area contributed by atoms with Gasteiger partial charge in [0.15, 0.2) is 0 Å². The fourth-order valence-electron chi connectivity index (χ4n) is 0.698. The van der Waals surface area contributed by atoms with Crippen LogP contribution >= 0.6 is 0 Å². The number of anilines is 1. The number of esters is 1. The fraction of sp³-hybridized carbons (Fsp3) is 0.333. The number of methoxy groups -OCH3 is 1. The Hall–Kier alpha value is -1.52. The van der Waals surface area contributed by atoms with Crippen molar-refractivity contribution in [2.75, 3.05) is 12.8 Å². The lowest BCUT2D eigenvalue weighted by molar-refractivity contribution is -0.139. The Bertz CT molecular complexity index is 256. The molecule has 5 heteroatoms. The van der Waals surface area contributed by atoms with Crippen molar-refractivity contribution in [3.05, 3.63) is 11.8 Å². The summed E-state index contributed by atoms with van der Waals surface area (Å²) in [4.78, 5) is 10.7. The Balaban J connectivity index is 2.57. The smallest absolute Gasteiger partial charge is 0.311 e. The molecule has 0 saturated heterocycles. The van der Waals surface area contributed by atoms with Gasteiger partial charge in [-0.3, -0.25) is 9.89 Å². The number of hydrogen-bond donors (Lipinski definition) is 2. The van der Waals surface area contributed by atoms with Crippen LogP contribution in [0.15, 0.2) is 6.07 Å². The van der Waals surface area contributed by atoms with Gasteiger partial charge in [0.25, 0.3) is 0 Å². The summed E-state index contributed by atoms with van der Waals surface area (Å²) in [5.74, 6) is 0.0672. The van der Waals surface area contributed by atoms with Gasteiger partial charge in [-0.1, -0.05) is 0 Å². The minimum absolute atomic E-state index is 0.181. The first-order chi connectivity index (χ1) is 5.22. The second-order valence-electron chi connectivity index (χ2n) is 2.07. The first kappa shape index (κ1) is 7.59. The molecule has 0 saturated carbocycles. The molecule has 3 N–H and O–H groups in total. The highest BCUT2D eigenvalue weighted by atomic mass is 16.5. The Morgan fingerprint density at radius 3 is 3.09 bits per heavy atom. The number of nitrogens with two attached hydrogens (primary N) is 1. The van der Waals surface area contributed by atoms with E-state index in [9.17, 15) is 4.79 Å². The van der Waals surface area contributed by atoms with E-state index in [1.54, 1.807) is 6.07 Å². The average molecular weight is 155 g/mol. The van der Waals surface area contributed by atoms with Crippen molar-refractivity contribution in [2.45, 2.75) is 6.42 Å². The quantitative estimate of drug-likeness (QED) is 0.575. The summed E-state index contributed by atoms with van der Waals surface area (Å²) in [5.41, 5.74) is 5.96. The third-order valence-corrected chi connectivity index (χ3v) is 1.21. The maximum atomic E-state index is 10.7. The third kappa shape index (κ3) is 1.96. The topological polar surface area (TPSA) is 81.0 Å². The van der Waals surface area contributed by atoms with Gasteiger partial charge in [0.1, 0.15) is 5.82 Å². The van der Waals surface area contributed by atoms with Crippen LogP contribution in [0.2, 0.25) is 0 Å². The van der Waals surface area contributed by atoms with Crippen LogP contribution in [0.1, 0.15) is 5.69 Å². The first-order valence-electron chi connectivity index (χ1n) is 3.09. The van der Waals surface area contributed by atoms with E-state index in [0.29, 0.717) is 11.5 Å². The summed E-state index contributed by atoms with van der Waals surface area (Å²) in [6.07, 6.45) is 0.181. The van der Waals surface area contributed by atoms with Gasteiger partial charge in [-0.05, 0) is 0 Å². The molecule has 0 aliphatic heterocycles. The van der Waals surface area contributed by atoms with Gasteiger partial charge in [-0.15, -0.1) is 0 Å². The van der Waals surface area contributed by atoms with Crippen LogP contribution in [0.5, 0.6) is 0 Å². The van der Waals surface area contributed by atoms with Crippen LogP contribution in [0.25, 0.3) is 0 Å². The summed E-state index contributed by atoms with van der Waals surface area (Å²) in [5, 5.41) is 6.24. The van der Waals surface area contributed by atoms with E-state index in [-0.39, 0.29) is 12.4 Å². The summed E-state index contributed by atoms with van der Waals surface area (Å²) in [7, 11) is 1.34. The number of nitrogen functional groups attached to an aromatic ring is 1. The van der Waals surface area contributed by atoms with Gasteiger partial charge in [0, 0.05) is 11.8 Å². The van der Waals surface area contributed by atoms with Crippen LogP contribution in [-0.4, -0.2) is 23.3 Å². The van der Waals surface area contributed by atoms with E-state index in [2.05, 4.69) is 14.9 Å². The van der Waals surface area contributed by atoms with Crippen LogP contribution in [0, 0.1) is 0 Å². The Kier molecular flexibility index (Phi) is 2.10. The molecule has 0 aromatic carbocycles. The fourth-order valence-corrected chi connectivity index (χ4v) is 0.698. The third-order valence-electron chi connectivity index (χ3n) is 1.21. The highest BCUT2D eigenvalue weighted by Gasteiger charge is 2.04. The predicted octanol–water partition coefficient (Wildman–Crippen LogP) is -0.293. The maximum absolute atomic E-state index is 10.7. The van der Waals surface area contributed by atoms with E-state index in [4.69, 9.17) is 5.73 Å². The number of rotatable bonds is 2. The van der Waals surface area contributed by atoms with Crippen molar-refractivity contribution in [2.24, 2.45) is 0 Å². The lowest BCUT2D eigenvalue weighted by atomic mass is 10.3. The van der Waals surface area contributed by atoms with Crippen LogP contribution in [-0.2, 0) is 16.0 Å². The number of hydrogen-bond acceptors (Lipinski definition) is 4. The van der Waals surface area contributed by atoms with Gasteiger partial charge in [0.05, 0.1) is 13.5 Å². The number of H-pyrrole nitrogens is 1. The highest BCUT2D eigenvalue weighted by Crippen LogP contribution is 2.01. The van der Waals surface area contributed by atoms with E-state index in [1.807, 2.05) is 0 Å². The zero-order valence-corrected chi connectivity index (χ0v) is 6.13. The number of aromatic amines is 1. The summed E-state index contributed by atoms with van der Waals surface area (Å²) in [6.45, 7) is 0. The number of aromatic nitrogens is 2. The molecule has 0 atom stereocenters. The molecule has 5 nitrogen and oxygen atoms in total. The van der Waals surface area contributed by atoms with E-state index >= 15 is 0 Å². The average Bonchev–Trinajstić information content (AvgIpc) is 2.35. The minimum Gasteiger partial charge on any atom is -0.469 e. The van der Waals surface area contributed by atoms with E-state index in [0.717, 1.165) is 0 Å². The van der Waals surface area contributed by atoms with Crippen molar-refractivity contribution < 1.29 is 9.53 Å². The molecule has 1 aromatic heterocycles. The molecule has 60 valence electrons. The normalized spacial score (nSPS) is 9.55. The summed E-state index contributed by atoms with van der Waals surface area (Å²) < 4.78 is 4.44. The molecular weight excluding hydrogens is 146 g/mol. The molecule has 11 heavy (non-hydrogen) atoms. The van der Waals surface area contributed by atoms with Crippen molar-refractivity contribution in [1.82, 2.24) is 10.2 Å². The van der Waals surface area contributed by atoms with Crippen molar-refractivity contribution >= 4 is 11.8 Å². The zero-order valence-electron chi connectivity index (χ0n) is 6.13. The molecule has 1 rings (SSSR count). The SMILES string of the molecule is COC(=O)Cc1cc(N)n[nH]1. The Morgan fingerprint density at radius 1 is 1.91 bits per heavy atom. The highest BCUT2D eigenvalue weighted by molar-refractivity contribution is 5.71. The number of carbonyl (C=O) groups excluding carboxylic acids is 1. The molecule has 0 amide bonds. The molecule has 0 spiro atoms. The standard InChI is InChI=1S/C6H9N3O2/c1-11-6(10)3-4-2-5(7)9-8-4/h2H,3H2,1H3,(H3,7,8,9). The summed E-state index contributed by atoms with van der Waals surface area (Å²) in [6, 6.07) is 1.59. The van der Waals surface area contributed by atoms with Gasteiger partial charge in [-0.2, -0.15) is 5.10 Å². The Morgan fingerprint density at radius 2 is 2.64 bits per heavy atom. The van der Waals surface area contributed by atoms with Gasteiger partial charge in [0.2, 0.25) is 0 Å². The van der Waals surface area contributed by atoms with E-state index < -0.39 is 0 Å². The molecule has 0 aliphatic rings. The van der Waals surface area contributed by atoms with Crippen LogP contribution < -0.4 is 5.73 Å². The molecule has 1 heterocycles. The first-order valence-corrected chi connectivity index (χ1v) is 3.09. The van der Waals surface area contributed by atoms with Crippen LogP contribution in [0.3, 0.4) is 0 Å².